The Morgan fingerprint density at radius 1 is 1.00 bits per heavy atom. The van der Waals surface area contributed by atoms with E-state index in [-0.39, 0.29) is 31.4 Å². The third kappa shape index (κ3) is 5.50. The Hall–Kier alpha value is -0.637. The predicted molar refractivity (Wildman–Crippen MR) is 36.7 cm³/mol. The number of guanidine groups is 2. The van der Waals surface area contributed by atoms with E-state index in [9.17, 15) is 0 Å². The summed E-state index contributed by atoms with van der Waals surface area (Å²) in [5.74, 6) is 0.212. The van der Waals surface area contributed by atoms with E-state index in [4.69, 9.17) is 10.8 Å². The third-order valence-electron chi connectivity index (χ3n) is 0.750. The van der Waals surface area contributed by atoms with Crippen LogP contribution in [0, 0.1) is 10.8 Å². The number of hydrogen-bond donors (Lipinski definition) is 5. The molecule has 0 aliphatic rings. The van der Waals surface area contributed by atoms with Crippen LogP contribution in [0.3, 0.4) is 0 Å². The zero-order chi connectivity index (χ0) is 7.28. The second-order valence-corrected chi connectivity index (χ2v) is 1.38. The molecule has 0 aliphatic carbocycles. The molecule has 0 saturated heterocycles. The van der Waals surface area contributed by atoms with Crippen molar-refractivity contribution in [1.82, 2.24) is 16.0 Å². The van der Waals surface area contributed by atoms with Gasteiger partial charge in [-0.3, -0.25) is 16.1 Å². The molecule has 0 bridgehead atoms. The molecule has 0 heterocycles. The Bertz CT molecular complexity index is 109. The SMILES string of the molecule is CNC(=N)NC(=N)NC.[Zn]. The first-order valence-electron chi connectivity index (χ1n) is 2.50. The van der Waals surface area contributed by atoms with Crippen LogP contribution in [-0.2, 0) is 19.5 Å². The van der Waals surface area contributed by atoms with Crippen LogP contribution < -0.4 is 16.0 Å². The summed E-state index contributed by atoms with van der Waals surface area (Å²) >= 11 is 0. The monoisotopic (exact) mass is 193 g/mol. The van der Waals surface area contributed by atoms with E-state index in [0.29, 0.717) is 0 Å². The maximum atomic E-state index is 6.97. The zero-order valence-electron chi connectivity index (χ0n) is 6.21. The molecule has 5 nitrogen and oxygen atoms in total. The summed E-state index contributed by atoms with van der Waals surface area (Å²) in [7, 11) is 3.22. The summed E-state index contributed by atoms with van der Waals surface area (Å²) in [5, 5.41) is 21.4. The Labute approximate surface area is 72.7 Å². The molecule has 0 aromatic heterocycles. The predicted octanol–water partition coefficient (Wildman–Crippen LogP) is -1.12. The molecule has 0 atom stereocenters. The van der Waals surface area contributed by atoms with Gasteiger partial charge in [0.15, 0.2) is 11.9 Å². The molecule has 0 aromatic rings. The topological polar surface area (TPSA) is 83.8 Å². The van der Waals surface area contributed by atoms with E-state index in [1.54, 1.807) is 14.1 Å². The van der Waals surface area contributed by atoms with E-state index >= 15 is 0 Å². The van der Waals surface area contributed by atoms with Crippen molar-refractivity contribution in [2.75, 3.05) is 14.1 Å². The molecule has 5 N–H and O–H groups in total. The fourth-order valence-corrected chi connectivity index (χ4v) is 0.250. The van der Waals surface area contributed by atoms with Crippen molar-refractivity contribution >= 4 is 11.9 Å². The summed E-state index contributed by atoms with van der Waals surface area (Å²) in [4.78, 5) is 0. The Kier molecular flexibility index (Phi) is 7.83. The molecule has 0 spiro atoms. The molecule has 6 heteroatoms. The molecular weight excluding hydrogens is 183 g/mol. The largest absolute Gasteiger partial charge is 0.359 e. The van der Waals surface area contributed by atoms with Gasteiger partial charge in [0.25, 0.3) is 0 Å². The third-order valence-corrected chi connectivity index (χ3v) is 0.750. The molecule has 0 unspecified atom stereocenters. The van der Waals surface area contributed by atoms with E-state index in [1.807, 2.05) is 0 Å². The number of nitrogens with one attached hydrogen (secondary N) is 5. The molecule has 0 radical (unpaired) electrons. The summed E-state index contributed by atoms with van der Waals surface area (Å²) < 4.78 is 0. The first kappa shape index (κ1) is 12.1. The molecule has 0 rings (SSSR count). The summed E-state index contributed by atoms with van der Waals surface area (Å²) in [6, 6.07) is 0. The first-order valence-corrected chi connectivity index (χ1v) is 2.50. The fourth-order valence-electron chi connectivity index (χ4n) is 0.250. The van der Waals surface area contributed by atoms with Crippen molar-refractivity contribution in [3.63, 3.8) is 0 Å². The molecule has 0 aromatic carbocycles. The molecule has 0 amide bonds. The molecule has 10 heavy (non-hydrogen) atoms. The maximum Gasteiger partial charge on any atom is 0.194 e. The van der Waals surface area contributed by atoms with Crippen molar-refractivity contribution < 1.29 is 19.5 Å². The van der Waals surface area contributed by atoms with Crippen molar-refractivity contribution in [3.05, 3.63) is 0 Å². The van der Waals surface area contributed by atoms with Gasteiger partial charge in [-0.25, -0.2) is 0 Å². The Morgan fingerprint density at radius 2 is 1.30 bits per heavy atom. The summed E-state index contributed by atoms with van der Waals surface area (Å²) in [5.41, 5.74) is 0. The van der Waals surface area contributed by atoms with E-state index in [2.05, 4.69) is 16.0 Å². The minimum absolute atomic E-state index is 0. The van der Waals surface area contributed by atoms with Gasteiger partial charge in [0.1, 0.15) is 0 Å². The van der Waals surface area contributed by atoms with Crippen LogP contribution in [0.1, 0.15) is 0 Å². The van der Waals surface area contributed by atoms with Gasteiger partial charge in [-0.2, -0.15) is 0 Å². The minimum Gasteiger partial charge on any atom is -0.359 e. The van der Waals surface area contributed by atoms with Crippen LogP contribution in [0.2, 0.25) is 0 Å². The summed E-state index contributed by atoms with van der Waals surface area (Å²) in [6.45, 7) is 0. The van der Waals surface area contributed by atoms with Gasteiger partial charge < -0.3 is 10.6 Å². The van der Waals surface area contributed by atoms with Crippen LogP contribution in [-0.4, -0.2) is 26.0 Å². The molecule has 0 aliphatic heterocycles. The molecule has 0 saturated carbocycles. The van der Waals surface area contributed by atoms with Crippen molar-refractivity contribution in [1.29, 1.82) is 10.8 Å². The standard InChI is InChI=1S/C4H11N5.Zn/c1-7-3(5)9-4(6)8-2;/h1-2H3,(H5,5,6,7,8,9);. The average Bonchev–Trinajstić information content (AvgIpc) is 1.87. The molecular formula is C4H11N5Zn. The van der Waals surface area contributed by atoms with Crippen molar-refractivity contribution in [2.24, 2.45) is 0 Å². The molecule has 54 valence electrons. The smallest absolute Gasteiger partial charge is 0.194 e. The Morgan fingerprint density at radius 3 is 1.50 bits per heavy atom. The van der Waals surface area contributed by atoms with Crippen molar-refractivity contribution in [3.8, 4) is 0 Å². The van der Waals surface area contributed by atoms with Gasteiger partial charge >= 0.3 is 0 Å². The zero-order valence-corrected chi connectivity index (χ0v) is 9.17. The van der Waals surface area contributed by atoms with Gasteiger partial charge in [-0.15, -0.1) is 0 Å². The Balaban J connectivity index is 0. The quantitative estimate of drug-likeness (QED) is 0.193. The van der Waals surface area contributed by atoms with Gasteiger partial charge in [0.05, 0.1) is 0 Å². The minimum atomic E-state index is 0. The number of rotatable bonds is 0. The van der Waals surface area contributed by atoms with Crippen LogP contribution in [0.4, 0.5) is 0 Å². The first-order chi connectivity index (χ1) is 4.20. The van der Waals surface area contributed by atoms with Crippen LogP contribution in [0.5, 0.6) is 0 Å². The molecule has 0 fully saturated rings. The fraction of sp³-hybridized carbons (Fsp3) is 0.500. The van der Waals surface area contributed by atoms with E-state index < -0.39 is 0 Å². The van der Waals surface area contributed by atoms with Gasteiger partial charge in [0.2, 0.25) is 0 Å². The van der Waals surface area contributed by atoms with Crippen LogP contribution in [0.25, 0.3) is 0 Å². The van der Waals surface area contributed by atoms with E-state index in [0.717, 1.165) is 0 Å². The van der Waals surface area contributed by atoms with E-state index in [1.165, 1.54) is 0 Å². The summed E-state index contributed by atoms with van der Waals surface area (Å²) in [6.07, 6.45) is 0. The number of hydrogen-bond acceptors (Lipinski definition) is 2. The normalized spacial score (nSPS) is 7.00. The van der Waals surface area contributed by atoms with Crippen LogP contribution in [0.15, 0.2) is 0 Å². The van der Waals surface area contributed by atoms with Gasteiger partial charge in [0, 0.05) is 33.6 Å². The second kappa shape index (κ2) is 6.48. The van der Waals surface area contributed by atoms with Crippen molar-refractivity contribution in [2.45, 2.75) is 0 Å². The van der Waals surface area contributed by atoms with Crippen LogP contribution >= 0.6 is 0 Å². The van der Waals surface area contributed by atoms with Gasteiger partial charge in [-0.05, 0) is 0 Å². The van der Waals surface area contributed by atoms with Gasteiger partial charge in [-0.1, -0.05) is 0 Å². The average molecular weight is 195 g/mol. The second-order valence-electron chi connectivity index (χ2n) is 1.38. The maximum absolute atomic E-state index is 6.97.